The van der Waals surface area contributed by atoms with Crippen LogP contribution in [0.25, 0.3) is 0 Å². The zero-order chi connectivity index (χ0) is 21.2. The second-order valence-electron chi connectivity index (χ2n) is 7.66. The van der Waals surface area contributed by atoms with Crippen molar-refractivity contribution in [1.29, 1.82) is 0 Å². The SMILES string of the molecule is Cc1nn(C)c(C(=O)NC(CC(=O)O)c2ccc(C(C)(C)C)cc2)c1[N+](=O)[O-]. The molecule has 0 aliphatic rings. The van der Waals surface area contributed by atoms with Crippen LogP contribution in [-0.4, -0.2) is 31.7 Å². The van der Waals surface area contributed by atoms with E-state index in [1.54, 1.807) is 12.1 Å². The van der Waals surface area contributed by atoms with E-state index in [0.717, 1.165) is 10.2 Å². The summed E-state index contributed by atoms with van der Waals surface area (Å²) >= 11 is 0. The molecule has 1 aromatic carbocycles. The molecule has 2 N–H and O–H groups in total. The maximum atomic E-state index is 12.7. The average molecular weight is 388 g/mol. The molecule has 2 aromatic rings. The molecular formula is C19H24N4O5. The van der Waals surface area contributed by atoms with Crippen LogP contribution >= 0.6 is 0 Å². The van der Waals surface area contributed by atoms with E-state index < -0.39 is 28.5 Å². The first-order valence-corrected chi connectivity index (χ1v) is 8.73. The Balaban J connectivity index is 2.37. The molecule has 28 heavy (non-hydrogen) atoms. The van der Waals surface area contributed by atoms with Gasteiger partial charge in [-0.05, 0) is 23.5 Å². The number of aryl methyl sites for hydroxylation is 2. The molecule has 0 radical (unpaired) electrons. The number of carboxylic acids is 1. The van der Waals surface area contributed by atoms with E-state index in [1.807, 2.05) is 12.1 Å². The minimum Gasteiger partial charge on any atom is -0.481 e. The first kappa shape index (κ1) is 21.1. The van der Waals surface area contributed by atoms with Gasteiger partial charge in [-0.15, -0.1) is 0 Å². The van der Waals surface area contributed by atoms with Gasteiger partial charge in [0.2, 0.25) is 5.69 Å². The average Bonchev–Trinajstić information content (AvgIpc) is 2.87. The lowest BCUT2D eigenvalue weighted by molar-refractivity contribution is -0.385. The number of nitro groups is 1. The van der Waals surface area contributed by atoms with E-state index in [2.05, 4.69) is 31.2 Å². The maximum Gasteiger partial charge on any atom is 0.322 e. The predicted molar refractivity (Wildman–Crippen MR) is 102 cm³/mol. The molecule has 150 valence electrons. The molecule has 0 fully saturated rings. The molecule has 2 rings (SSSR count). The summed E-state index contributed by atoms with van der Waals surface area (Å²) in [5.74, 6) is -1.85. The van der Waals surface area contributed by atoms with Crippen LogP contribution in [-0.2, 0) is 17.3 Å². The van der Waals surface area contributed by atoms with Gasteiger partial charge in [-0.2, -0.15) is 5.10 Å². The molecule has 0 spiro atoms. The van der Waals surface area contributed by atoms with E-state index in [1.165, 1.54) is 14.0 Å². The molecule has 0 bridgehead atoms. The van der Waals surface area contributed by atoms with Crippen LogP contribution in [0.1, 0.15) is 60.5 Å². The molecule has 0 aliphatic carbocycles. The van der Waals surface area contributed by atoms with Crippen molar-refractivity contribution < 1.29 is 19.6 Å². The number of nitrogens with zero attached hydrogens (tertiary/aromatic N) is 3. The minimum absolute atomic E-state index is 0.0725. The molecule has 0 saturated carbocycles. The van der Waals surface area contributed by atoms with Crippen LogP contribution < -0.4 is 5.32 Å². The van der Waals surface area contributed by atoms with E-state index in [-0.39, 0.29) is 23.2 Å². The smallest absolute Gasteiger partial charge is 0.322 e. The van der Waals surface area contributed by atoms with Gasteiger partial charge >= 0.3 is 11.7 Å². The lowest BCUT2D eigenvalue weighted by Crippen LogP contribution is -2.32. The number of hydrogen-bond donors (Lipinski definition) is 2. The van der Waals surface area contributed by atoms with Gasteiger partial charge in [0.25, 0.3) is 5.91 Å². The Bertz CT molecular complexity index is 910. The van der Waals surface area contributed by atoms with Crippen molar-refractivity contribution in [2.45, 2.75) is 45.6 Å². The topological polar surface area (TPSA) is 127 Å². The number of carbonyl (C=O) groups excluding carboxylic acids is 1. The van der Waals surface area contributed by atoms with Crippen molar-refractivity contribution in [2.24, 2.45) is 7.05 Å². The molecule has 1 aromatic heterocycles. The van der Waals surface area contributed by atoms with Gasteiger partial charge in [0.15, 0.2) is 0 Å². The third-order valence-corrected chi connectivity index (χ3v) is 4.45. The maximum absolute atomic E-state index is 12.7. The quantitative estimate of drug-likeness (QED) is 0.578. The number of hydrogen-bond acceptors (Lipinski definition) is 5. The van der Waals surface area contributed by atoms with Crippen molar-refractivity contribution in [3.8, 4) is 0 Å². The Morgan fingerprint density at radius 3 is 2.32 bits per heavy atom. The Hall–Kier alpha value is -3.23. The third-order valence-electron chi connectivity index (χ3n) is 4.45. The number of benzene rings is 1. The molecule has 1 amide bonds. The summed E-state index contributed by atoms with van der Waals surface area (Å²) < 4.78 is 1.13. The van der Waals surface area contributed by atoms with Crippen LogP contribution in [0.3, 0.4) is 0 Å². The number of amides is 1. The second kappa shape index (κ2) is 7.79. The predicted octanol–water partition coefficient (Wildman–Crippen LogP) is 2.88. The summed E-state index contributed by atoms with van der Waals surface area (Å²) in [6.07, 6.45) is -0.356. The van der Waals surface area contributed by atoms with Crippen LogP contribution in [0.2, 0.25) is 0 Å². The van der Waals surface area contributed by atoms with E-state index in [0.29, 0.717) is 5.56 Å². The summed E-state index contributed by atoms with van der Waals surface area (Å²) in [5, 5.41) is 27.1. The van der Waals surface area contributed by atoms with Gasteiger partial charge in [-0.25, -0.2) is 0 Å². The summed E-state index contributed by atoms with van der Waals surface area (Å²) in [6, 6.07) is 6.45. The van der Waals surface area contributed by atoms with Crippen LogP contribution in [0.15, 0.2) is 24.3 Å². The molecule has 1 atom stereocenters. The van der Waals surface area contributed by atoms with Crippen LogP contribution in [0.4, 0.5) is 5.69 Å². The first-order valence-electron chi connectivity index (χ1n) is 8.73. The first-order chi connectivity index (χ1) is 12.9. The third kappa shape index (κ3) is 4.54. The Morgan fingerprint density at radius 1 is 1.29 bits per heavy atom. The Kier molecular flexibility index (Phi) is 5.86. The van der Waals surface area contributed by atoms with Crippen molar-refractivity contribution in [3.63, 3.8) is 0 Å². The zero-order valence-electron chi connectivity index (χ0n) is 16.5. The fourth-order valence-electron chi connectivity index (χ4n) is 2.99. The molecule has 1 unspecified atom stereocenters. The summed E-state index contributed by atoms with van der Waals surface area (Å²) in [4.78, 5) is 34.7. The number of rotatable bonds is 6. The van der Waals surface area contributed by atoms with Crippen LogP contribution in [0, 0.1) is 17.0 Å². The second-order valence-corrected chi connectivity index (χ2v) is 7.66. The molecule has 9 nitrogen and oxygen atoms in total. The van der Waals surface area contributed by atoms with E-state index in [9.17, 15) is 24.8 Å². The lowest BCUT2D eigenvalue weighted by atomic mass is 9.86. The number of aliphatic carboxylic acids is 1. The number of carboxylic acid groups (broad SMARTS) is 1. The highest BCUT2D eigenvalue weighted by atomic mass is 16.6. The van der Waals surface area contributed by atoms with Crippen molar-refractivity contribution in [2.75, 3.05) is 0 Å². The molecule has 0 saturated heterocycles. The van der Waals surface area contributed by atoms with Gasteiger partial charge in [0, 0.05) is 7.05 Å². The highest BCUT2D eigenvalue weighted by molar-refractivity contribution is 5.97. The number of nitrogens with one attached hydrogen (secondary N) is 1. The van der Waals surface area contributed by atoms with Gasteiger partial charge in [-0.1, -0.05) is 45.0 Å². The molecule has 9 heteroatoms. The minimum atomic E-state index is -1.10. The summed E-state index contributed by atoms with van der Waals surface area (Å²) in [7, 11) is 1.43. The van der Waals surface area contributed by atoms with Gasteiger partial charge < -0.3 is 10.4 Å². The fraction of sp³-hybridized carbons (Fsp3) is 0.421. The highest BCUT2D eigenvalue weighted by Crippen LogP contribution is 2.27. The standard InChI is InChI=1S/C19H24N4O5/c1-11-16(23(27)28)17(22(5)21-11)18(26)20-14(10-15(24)25)12-6-8-13(9-7-12)19(2,3)4/h6-9,14H,10H2,1-5H3,(H,20,26)(H,24,25). The van der Waals surface area contributed by atoms with Gasteiger partial charge in [0.1, 0.15) is 5.69 Å². The van der Waals surface area contributed by atoms with Crippen LogP contribution in [0.5, 0.6) is 0 Å². The zero-order valence-corrected chi connectivity index (χ0v) is 16.5. The number of carbonyl (C=O) groups is 2. The van der Waals surface area contributed by atoms with Crippen molar-refractivity contribution in [1.82, 2.24) is 15.1 Å². The van der Waals surface area contributed by atoms with Gasteiger partial charge in [-0.3, -0.25) is 24.4 Å². The molecule has 1 heterocycles. The van der Waals surface area contributed by atoms with Gasteiger partial charge in [0.05, 0.1) is 17.4 Å². The largest absolute Gasteiger partial charge is 0.481 e. The van der Waals surface area contributed by atoms with E-state index in [4.69, 9.17) is 0 Å². The highest BCUT2D eigenvalue weighted by Gasteiger charge is 2.31. The van der Waals surface area contributed by atoms with Crippen molar-refractivity contribution in [3.05, 3.63) is 56.9 Å². The fourth-order valence-corrected chi connectivity index (χ4v) is 2.99. The Morgan fingerprint density at radius 2 is 1.86 bits per heavy atom. The monoisotopic (exact) mass is 388 g/mol. The normalized spacial score (nSPS) is 12.5. The molecule has 0 aliphatic heterocycles. The van der Waals surface area contributed by atoms with Crippen molar-refractivity contribution >= 4 is 17.6 Å². The number of aromatic nitrogens is 2. The Labute approximate surface area is 162 Å². The lowest BCUT2D eigenvalue weighted by Gasteiger charge is -2.21. The summed E-state index contributed by atoms with van der Waals surface area (Å²) in [5.41, 5.74) is 1.10. The van der Waals surface area contributed by atoms with E-state index >= 15 is 0 Å². The molecular weight excluding hydrogens is 364 g/mol. The summed E-state index contributed by atoms with van der Waals surface area (Å²) in [6.45, 7) is 7.61.